The third-order valence-electron chi connectivity index (χ3n) is 3.71. The lowest BCUT2D eigenvalue weighted by Crippen LogP contribution is -2.11. The van der Waals surface area contributed by atoms with Gasteiger partial charge >= 0.3 is 5.97 Å². The number of phenolic OH excluding ortho intramolecular Hbond substituents is 2. The summed E-state index contributed by atoms with van der Waals surface area (Å²) in [6, 6.07) is 0. The molecule has 0 saturated heterocycles. The van der Waals surface area contributed by atoms with Gasteiger partial charge in [-0.25, -0.2) is 13.6 Å². The van der Waals surface area contributed by atoms with Gasteiger partial charge in [0.15, 0.2) is 23.1 Å². The lowest BCUT2D eigenvalue weighted by molar-refractivity contribution is 0.0486. The normalized spacial score (nSPS) is 10.8. The Balaban J connectivity index is 2.42. The number of hydrogen-bond donors (Lipinski definition) is 2. The molecule has 24 heavy (non-hydrogen) atoms. The third kappa shape index (κ3) is 5.32. The molecule has 0 aliphatic carbocycles. The van der Waals surface area contributed by atoms with Gasteiger partial charge in [0.1, 0.15) is 5.56 Å². The molecule has 1 rings (SSSR count). The van der Waals surface area contributed by atoms with E-state index in [1.165, 1.54) is 19.3 Å². The van der Waals surface area contributed by atoms with Crippen LogP contribution in [0.1, 0.15) is 68.6 Å². The van der Waals surface area contributed by atoms with E-state index >= 15 is 0 Å². The van der Waals surface area contributed by atoms with E-state index in [-0.39, 0.29) is 6.61 Å². The molecule has 0 radical (unpaired) electrons. The molecule has 0 fully saturated rings. The van der Waals surface area contributed by atoms with Crippen LogP contribution in [0.2, 0.25) is 0 Å². The number of ether oxygens (including phenoxy) is 1. The summed E-state index contributed by atoms with van der Waals surface area (Å²) in [6.45, 7) is 2.11. The van der Waals surface area contributed by atoms with Gasteiger partial charge in [-0.05, 0) is 6.42 Å². The molecule has 0 bridgehead atoms. The van der Waals surface area contributed by atoms with E-state index in [0.29, 0.717) is 6.42 Å². The lowest BCUT2D eigenvalue weighted by atomic mass is 10.1. The molecule has 2 N–H and O–H groups in total. The molecule has 0 unspecified atom stereocenters. The Kier molecular flexibility index (Phi) is 8.43. The summed E-state index contributed by atoms with van der Waals surface area (Å²) in [5.74, 6) is -10.1. The van der Waals surface area contributed by atoms with Crippen LogP contribution in [-0.2, 0) is 4.74 Å². The minimum absolute atomic E-state index is 0.0353. The molecule has 0 spiro atoms. The Bertz CT molecular complexity index is 532. The van der Waals surface area contributed by atoms with Gasteiger partial charge in [0, 0.05) is 0 Å². The van der Waals surface area contributed by atoms with Gasteiger partial charge in [-0.2, -0.15) is 4.39 Å². The van der Waals surface area contributed by atoms with Gasteiger partial charge < -0.3 is 14.9 Å². The van der Waals surface area contributed by atoms with Crippen LogP contribution in [0.5, 0.6) is 11.5 Å². The van der Waals surface area contributed by atoms with Crippen LogP contribution in [0, 0.1) is 17.5 Å². The molecule has 0 aromatic heterocycles. The smallest absolute Gasteiger partial charge is 0.345 e. The third-order valence-corrected chi connectivity index (χ3v) is 3.71. The molecule has 7 heteroatoms. The topological polar surface area (TPSA) is 66.8 Å². The number of aromatic hydroxyl groups is 2. The molecule has 0 saturated carbocycles. The van der Waals surface area contributed by atoms with Crippen molar-refractivity contribution in [2.45, 2.75) is 58.3 Å². The Morgan fingerprint density at radius 2 is 1.38 bits per heavy atom. The Hall–Kier alpha value is -1.92. The largest absolute Gasteiger partial charge is 0.504 e. The van der Waals surface area contributed by atoms with Gasteiger partial charge in [0.2, 0.25) is 5.82 Å². The van der Waals surface area contributed by atoms with Crippen molar-refractivity contribution in [3.63, 3.8) is 0 Å². The molecule has 4 nitrogen and oxygen atoms in total. The fraction of sp³-hybridized carbons (Fsp3) is 0.588. The van der Waals surface area contributed by atoms with Crippen molar-refractivity contribution < 1.29 is 32.9 Å². The van der Waals surface area contributed by atoms with Crippen molar-refractivity contribution in [2.24, 2.45) is 0 Å². The van der Waals surface area contributed by atoms with Crippen LogP contribution >= 0.6 is 0 Å². The van der Waals surface area contributed by atoms with Crippen LogP contribution in [-0.4, -0.2) is 22.8 Å². The second-order valence-electron chi connectivity index (χ2n) is 5.62. The molecule has 0 amide bonds. The van der Waals surface area contributed by atoms with Gasteiger partial charge in [-0.3, -0.25) is 0 Å². The van der Waals surface area contributed by atoms with Crippen molar-refractivity contribution in [3.8, 4) is 11.5 Å². The van der Waals surface area contributed by atoms with E-state index in [4.69, 9.17) is 9.84 Å². The maximum Gasteiger partial charge on any atom is 0.345 e. The molecule has 136 valence electrons. The molecule has 0 aliphatic heterocycles. The summed E-state index contributed by atoms with van der Waals surface area (Å²) in [5, 5.41) is 18.5. The second kappa shape index (κ2) is 10.1. The monoisotopic (exact) mass is 348 g/mol. The van der Waals surface area contributed by atoms with Crippen molar-refractivity contribution in [1.82, 2.24) is 0 Å². The fourth-order valence-electron chi connectivity index (χ4n) is 2.30. The van der Waals surface area contributed by atoms with E-state index < -0.39 is 40.5 Å². The van der Waals surface area contributed by atoms with E-state index in [1.807, 2.05) is 0 Å². The highest BCUT2D eigenvalue weighted by atomic mass is 19.2. The predicted molar refractivity (Wildman–Crippen MR) is 82.5 cm³/mol. The highest BCUT2D eigenvalue weighted by Crippen LogP contribution is 2.36. The minimum atomic E-state index is -2.04. The van der Waals surface area contributed by atoms with E-state index in [2.05, 4.69) is 6.92 Å². The maximum atomic E-state index is 13.5. The molecular weight excluding hydrogens is 325 g/mol. The first-order valence-electron chi connectivity index (χ1n) is 8.17. The quantitative estimate of drug-likeness (QED) is 0.275. The Labute approximate surface area is 139 Å². The number of phenols is 2. The number of esters is 1. The standard InChI is InChI=1S/C17H23F3O4/c1-2-3-4-5-6-7-8-9-10-24-17(23)11-12(18)13(19)14(20)16(22)15(11)21/h21-22H,2-10H2,1H3. The second-order valence-corrected chi connectivity index (χ2v) is 5.62. The SMILES string of the molecule is CCCCCCCCCCOC(=O)c1c(O)c(O)c(F)c(F)c1F. The Morgan fingerprint density at radius 3 is 1.96 bits per heavy atom. The number of carbonyl (C=O) groups excluding carboxylic acids is 1. The summed E-state index contributed by atoms with van der Waals surface area (Å²) >= 11 is 0. The average Bonchev–Trinajstić information content (AvgIpc) is 2.57. The first kappa shape index (κ1) is 20.1. The number of unbranched alkanes of at least 4 members (excludes halogenated alkanes) is 7. The number of carbonyl (C=O) groups is 1. The van der Waals surface area contributed by atoms with Crippen LogP contribution in [0.15, 0.2) is 0 Å². The Morgan fingerprint density at radius 1 is 0.833 bits per heavy atom. The van der Waals surface area contributed by atoms with Gasteiger partial charge in [-0.15, -0.1) is 0 Å². The van der Waals surface area contributed by atoms with Crippen molar-refractivity contribution >= 4 is 5.97 Å². The minimum Gasteiger partial charge on any atom is -0.504 e. The summed E-state index contributed by atoms with van der Waals surface area (Å²) < 4.78 is 44.5. The zero-order valence-electron chi connectivity index (χ0n) is 13.7. The highest BCUT2D eigenvalue weighted by Gasteiger charge is 2.29. The van der Waals surface area contributed by atoms with Crippen LogP contribution in [0.25, 0.3) is 0 Å². The fourth-order valence-corrected chi connectivity index (χ4v) is 2.30. The summed E-state index contributed by atoms with van der Waals surface area (Å²) in [7, 11) is 0. The van der Waals surface area contributed by atoms with Crippen LogP contribution in [0.3, 0.4) is 0 Å². The predicted octanol–water partition coefficient (Wildman–Crippen LogP) is 4.81. The summed E-state index contributed by atoms with van der Waals surface area (Å²) in [5.41, 5.74) is -1.20. The number of halogens is 3. The lowest BCUT2D eigenvalue weighted by Gasteiger charge is -2.10. The zero-order valence-corrected chi connectivity index (χ0v) is 13.7. The van der Waals surface area contributed by atoms with Crippen LogP contribution in [0.4, 0.5) is 13.2 Å². The maximum absolute atomic E-state index is 13.5. The average molecular weight is 348 g/mol. The molecular formula is C17H23F3O4. The number of rotatable bonds is 10. The van der Waals surface area contributed by atoms with Gasteiger partial charge in [-0.1, -0.05) is 51.9 Å². The molecule has 0 heterocycles. The zero-order chi connectivity index (χ0) is 18.1. The van der Waals surface area contributed by atoms with E-state index in [0.717, 1.165) is 25.7 Å². The molecule has 0 atom stereocenters. The first-order valence-corrected chi connectivity index (χ1v) is 8.17. The number of benzene rings is 1. The highest BCUT2D eigenvalue weighted by molar-refractivity contribution is 5.93. The molecule has 0 aliphatic rings. The van der Waals surface area contributed by atoms with Crippen molar-refractivity contribution in [3.05, 3.63) is 23.0 Å². The first-order chi connectivity index (χ1) is 11.4. The van der Waals surface area contributed by atoms with E-state index in [1.54, 1.807) is 0 Å². The van der Waals surface area contributed by atoms with Crippen molar-refractivity contribution in [2.75, 3.05) is 6.61 Å². The number of hydrogen-bond acceptors (Lipinski definition) is 4. The molecule has 1 aromatic carbocycles. The van der Waals surface area contributed by atoms with Gasteiger partial charge in [0.05, 0.1) is 6.61 Å². The summed E-state index contributed by atoms with van der Waals surface area (Å²) in [4.78, 5) is 11.7. The van der Waals surface area contributed by atoms with E-state index in [9.17, 15) is 23.1 Å². The molecule has 1 aromatic rings. The van der Waals surface area contributed by atoms with Crippen LogP contribution < -0.4 is 0 Å². The summed E-state index contributed by atoms with van der Waals surface area (Å²) in [6.07, 6.45) is 8.17. The van der Waals surface area contributed by atoms with Gasteiger partial charge in [0.25, 0.3) is 0 Å². The van der Waals surface area contributed by atoms with Crippen molar-refractivity contribution in [1.29, 1.82) is 0 Å².